The van der Waals surface area contributed by atoms with Gasteiger partial charge in [0.25, 0.3) is 5.91 Å². The van der Waals surface area contributed by atoms with Crippen LogP contribution in [-0.2, 0) is 6.61 Å². The smallest absolute Gasteiger partial charge is 0.257 e. The van der Waals surface area contributed by atoms with Crippen molar-refractivity contribution < 1.29 is 14.3 Å². The van der Waals surface area contributed by atoms with Crippen LogP contribution in [-0.4, -0.2) is 16.1 Å². The summed E-state index contributed by atoms with van der Waals surface area (Å²) in [5, 5.41) is 17.1. The summed E-state index contributed by atoms with van der Waals surface area (Å²) >= 11 is 5.26. The number of furan rings is 1. The molecule has 144 valence electrons. The number of thiocarbonyl (C=S) groups is 1. The van der Waals surface area contributed by atoms with Gasteiger partial charge in [-0.25, -0.2) is 0 Å². The summed E-state index contributed by atoms with van der Waals surface area (Å²) in [6.45, 7) is -0.134. The van der Waals surface area contributed by atoms with E-state index in [9.17, 15) is 4.79 Å². The Morgan fingerprint density at radius 3 is 2.41 bits per heavy atom. The SMILES string of the molecule is O=C(NC(=S)Nc1ccc(-c2ccc(CO)o2)cc1)c1ccc2ccccc2c1. The first kappa shape index (κ1) is 18.9. The molecule has 0 saturated carbocycles. The van der Waals surface area contributed by atoms with Crippen molar-refractivity contribution in [3.05, 3.63) is 90.2 Å². The van der Waals surface area contributed by atoms with E-state index in [1.165, 1.54) is 0 Å². The predicted octanol–water partition coefficient (Wildman–Crippen LogP) is 4.72. The zero-order valence-electron chi connectivity index (χ0n) is 15.4. The lowest BCUT2D eigenvalue weighted by atomic mass is 10.1. The van der Waals surface area contributed by atoms with Crippen LogP contribution in [0.5, 0.6) is 0 Å². The molecule has 0 bridgehead atoms. The van der Waals surface area contributed by atoms with Crippen LogP contribution in [0.3, 0.4) is 0 Å². The number of amides is 1. The van der Waals surface area contributed by atoms with Gasteiger partial charge < -0.3 is 14.8 Å². The van der Waals surface area contributed by atoms with E-state index in [-0.39, 0.29) is 17.6 Å². The molecule has 6 heteroatoms. The number of aliphatic hydroxyl groups is 1. The van der Waals surface area contributed by atoms with Gasteiger partial charge in [0.1, 0.15) is 18.1 Å². The fourth-order valence-corrected chi connectivity index (χ4v) is 3.21. The maximum absolute atomic E-state index is 12.5. The average molecular weight is 402 g/mol. The van der Waals surface area contributed by atoms with Gasteiger partial charge in [0.15, 0.2) is 5.11 Å². The molecule has 0 saturated heterocycles. The fourth-order valence-electron chi connectivity index (χ4n) is 3.00. The Kier molecular flexibility index (Phi) is 5.37. The molecule has 0 aliphatic carbocycles. The van der Waals surface area contributed by atoms with E-state index in [1.807, 2.05) is 66.7 Å². The summed E-state index contributed by atoms with van der Waals surface area (Å²) in [5.41, 5.74) is 2.16. The van der Waals surface area contributed by atoms with Crippen molar-refractivity contribution in [3.63, 3.8) is 0 Å². The highest BCUT2D eigenvalue weighted by Gasteiger charge is 2.09. The Labute approximate surface area is 173 Å². The maximum atomic E-state index is 12.5. The van der Waals surface area contributed by atoms with Gasteiger partial charge in [0, 0.05) is 16.8 Å². The third-order valence-electron chi connectivity index (χ3n) is 4.48. The first-order valence-corrected chi connectivity index (χ1v) is 9.44. The molecule has 5 nitrogen and oxygen atoms in total. The van der Waals surface area contributed by atoms with Gasteiger partial charge in [-0.3, -0.25) is 10.1 Å². The van der Waals surface area contributed by atoms with E-state index in [0.717, 1.165) is 22.0 Å². The number of fused-ring (bicyclic) bond motifs is 1. The normalized spacial score (nSPS) is 10.7. The average Bonchev–Trinajstić information content (AvgIpc) is 3.23. The van der Waals surface area contributed by atoms with Crippen LogP contribution in [0.15, 0.2) is 83.3 Å². The lowest BCUT2D eigenvalue weighted by Crippen LogP contribution is -2.34. The Hall–Kier alpha value is -3.48. The van der Waals surface area contributed by atoms with Crippen LogP contribution in [0, 0.1) is 0 Å². The van der Waals surface area contributed by atoms with Crippen molar-refractivity contribution in [1.82, 2.24) is 5.32 Å². The van der Waals surface area contributed by atoms with E-state index in [4.69, 9.17) is 21.7 Å². The molecule has 3 N–H and O–H groups in total. The van der Waals surface area contributed by atoms with Crippen LogP contribution < -0.4 is 10.6 Å². The molecule has 3 aromatic carbocycles. The van der Waals surface area contributed by atoms with Crippen LogP contribution >= 0.6 is 12.2 Å². The Balaban J connectivity index is 1.40. The molecular formula is C23H18N2O3S. The number of rotatable bonds is 4. The lowest BCUT2D eigenvalue weighted by molar-refractivity contribution is 0.0978. The largest absolute Gasteiger partial charge is 0.459 e. The van der Waals surface area contributed by atoms with Gasteiger partial charge in [0.05, 0.1) is 0 Å². The lowest BCUT2D eigenvalue weighted by Gasteiger charge is -2.10. The summed E-state index contributed by atoms with van der Waals surface area (Å²) in [5.74, 6) is 0.921. The zero-order chi connectivity index (χ0) is 20.2. The number of hydrogen-bond donors (Lipinski definition) is 3. The first-order valence-electron chi connectivity index (χ1n) is 9.03. The minimum Gasteiger partial charge on any atom is -0.459 e. The van der Waals surface area contributed by atoms with Crippen molar-refractivity contribution in [2.24, 2.45) is 0 Å². The van der Waals surface area contributed by atoms with Gasteiger partial charge in [-0.15, -0.1) is 0 Å². The molecule has 0 unspecified atom stereocenters. The third-order valence-corrected chi connectivity index (χ3v) is 4.69. The van der Waals surface area contributed by atoms with Crippen molar-refractivity contribution in [2.45, 2.75) is 6.61 Å². The molecule has 0 aliphatic rings. The van der Waals surface area contributed by atoms with Crippen LogP contribution in [0.4, 0.5) is 5.69 Å². The molecule has 4 rings (SSSR count). The van der Waals surface area contributed by atoms with Crippen molar-refractivity contribution >= 4 is 39.7 Å². The van der Waals surface area contributed by atoms with Gasteiger partial charge in [-0.1, -0.05) is 30.3 Å². The number of hydrogen-bond acceptors (Lipinski definition) is 4. The molecule has 29 heavy (non-hydrogen) atoms. The summed E-state index contributed by atoms with van der Waals surface area (Å²) < 4.78 is 5.52. The Morgan fingerprint density at radius 2 is 1.69 bits per heavy atom. The maximum Gasteiger partial charge on any atom is 0.257 e. The summed E-state index contributed by atoms with van der Waals surface area (Å²) in [6, 6.07) is 24.4. The minimum absolute atomic E-state index is 0.134. The van der Waals surface area contributed by atoms with Crippen LogP contribution in [0.25, 0.3) is 22.1 Å². The summed E-state index contributed by atoms with van der Waals surface area (Å²) in [6.07, 6.45) is 0. The van der Waals surface area contributed by atoms with Crippen LogP contribution in [0.1, 0.15) is 16.1 Å². The van der Waals surface area contributed by atoms with Gasteiger partial charge in [0.2, 0.25) is 0 Å². The molecule has 1 amide bonds. The molecule has 0 aliphatic heterocycles. The predicted molar refractivity (Wildman–Crippen MR) is 118 cm³/mol. The molecule has 0 fully saturated rings. The standard InChI is InChI=1S/C23H18N2O3S/c26-14-20-11-12-21(28-20)16-7-9-19(10-8-16)24-23(29)25-22(27)18-6-5-15-3-1-2-4-17(15)13-18/h1-13,26H,14H2,(H2,24,25,27,29). The summed E-state index contributed by atoms with van der Waals surface area (Å²) in [7, 11) is 0. The molecule has 1 aromatic heterocycles. The number of carbonyl (C=O) groups is 1. The number of nitrogens with one attached hydrogen (secondary N) is 2. The molecule has 0 radical (unpaired) electrons. The highest BCUT2D eigenvalue weighted by molar-refractivity contribution is 7.80. The van der Waals surface area contributed by atoms with E-state index in [0.29, 0.717) is 17.1 Å². The zero-order valence-corrected chi connectivity index (χ0v) is 16.2. The van der Waals surface area contributed by atoms with Gasteiger partial charge in [-0.2, -0.15) is 0 Å². The molecule has 4 aromatic rings. The highest BCUT2D eigenvalue weighted by atomic mass is 32.1. The first-order chi connectivity index (χ1) is 14.1. The highest BCUT2D eigenvalue weighted by Crippen LogP contribution is 2.24. The van der Waals surface area contributed by atoms with E-state index >= 15 is 0 Å². The quantitative estimate of drug-likeness (QED) is 0.431. The third kappa shape index (κ3) is 4.34. The van der Waals surface area contributed by atoms with E-state index in [1.54, 1.807) is 12.1 Å². The molecular weight excluding hydrogens is 384 g/mol. The molecule has 1 heterocycles. The summed E-state index contributed by atoms with van der Waals surface area (Å²) in [4.78, 5) is 12.5. The van der Waals surface area contributed by atoms with Crippen molar-refractivity contribution in [3.8, 4) is 11.3 Å². The minimum atomic E-state index is -0.267. The number of carbonyl (C=O) groups excluding carboxylic acids is 1. The second-order valence-corrected chi connectivity index (χ2v) is 6.88. The topological polar surface area (TPSA) is 74.5 Å². The Bertz CT molecular complexity index is 1180. The van der Waals surface area contributed by atoms with Crippen molar-refractivity contribution in [1.29, 1.82) is 0 Å². The van der Waals surface area contributed by atoms with Gasteiger partial charge >= 0.3 is 0 Å². The Morgan fingerprint density at radius 1 is 0.931 bits per heavy atom. The molecule has 0 atom stereocenters. The van der Waals surface area contributed by atoms with Crippen molar-refractivity contribution in [2.75, 3.05) is 5.32 Å². The van der Waals surface area contributed by atoms with E-state index < -0.39 is 0 Å². The number of anilines is 1. The van der Waals surface area contributed by atoms with E-state index in [2.05, 4.69) is 10.6 Å². The van der Waals surface area contributed by atoms with Gasteiger partial charge in [-0.05, 0) is 71.5 Å². The number of aliphatic hydroxyl groups excluding tert-OH is 1. The van der Waals surface area contributed by atoms with Crippen LogP contribution in [0.2, 0.25) is 0 Å². The fraction of sp³-hybridized carbons (Fsp3) is 0.0435. The second-order valence-electron chi connectivity index (χ2n) is 6.47. The number of benzene rings is 3. The monoisotopic (exact) mass is 402 g/mol. The second kappa shape index (κ2) is 8.26. The molecule has 0 spiro atoms.